The topological polar surface area (TPSA) is 211 Å². The maximum Gasteiger partial charge on any atom is 0.292 e. The van der Waals surface area contributed by atoms with Crippen molar-refractivity contribution >= 4 is 23.3 Å². The van der Waals surface area contributed by atoms with Gasteiger partial charge in [-0.15, -0.1) is 5.10 Å². The van der Waals surface area contributed by atoms with E-state index in [1.807, 2.05) is 0 Å². The fourth-order valence-electron chi connectivity index (χ4n) is 3.52. The molecule has 2 aromatic heterocycles. The monoisotopic (exact) mass is 514 g/mol. The molecule has 3 aromatic rings. The number of primary amides is 1. The van der Waals surface area contributed by atoms with Crippen molar-refractivity contribution in [3.8, 4) is 17.3 Å². The van der Waals surface area contributed by atoms with Crippen LogP contribution in [-0.2, 0) is 16.1 Å². The zero-order chi connectivity index (χ0) is 26.4. The minimum absolute atomic E-state index is 0.0304. The van der Waals surface area contributed by atoms with Gasteiger partial charge in [0.05, 0.1) is 26.0 Å². The van der Waals surface area contributed by atoms with Crippen molar-refractivity contribution in [3.63, 3.8) is 0 Å². The van der Waals surface area contributed by atoms with Crippen LogP contribution in [0.15, 0.2) is 27.9 Å². The number of carbonyl (C=O) groups excluding carboxylic acids is 2. The van der Waals surface area contributed by atoms with Gasteiger partial charge in [0.2, 0.25) is 11.6 Å². The van der Waals surface area contributed by atoms with E-state index in [1.165, 1.54) is 7.11 Å². The number of nitrogens with two attached hydrogens (primary N) is 2. The lowest BCUT2D eigenvalue weighted by Crippen LogP contribution is -2.36. The molecule has 5 N–H and O–H groups in total. The molecule has 0 radical (unpaired) electrons. The highest BCUT2D eigenvalue weighted by molar-refractivity contribution is 6.01. The second-order valence-corrected chi connectivity index (χ2v) is 7.92. The van der Waals surface area contributed by atoms with E-state index < -0.39 is 11.8 Å². The molecular formula is C21H26N10O6. The number of nitrogen functional groups attached to an aromatic ring is 1. The van der Waals surface area contributed by atoms with E-state index in [1.54, 1.807) is 25.1 Å². The molecule has 3 heterocycles. The Hall–Kier alpha value is -4.57. The number of nitrogens with zero attached hydrogens (tertiary/aromatic N) is 7. The maximum atomic E-state index is 13.3. The van der Waals surface area contributed by atoms with Crippen LogP contribution < -0.4 is 26.4 Å². The largest absolute Gasteiger partial charge is 0.493 e. The maximum absolute atomic E-state index is 13.3. The Morgan fingerprint density at radius 3 is 2.68 bits per heavy atom. The van der Waals surface area contributed by atoms with Gasteiger partial charge < -0.3 is 25.7 Å². The molecule has 16 heteroatoms. The van der Waals surface area contributed by atoms with Gasteiger partial charge in [-0.1, -0.05) is 5.21 Å². The van der Waals surface area contributed by atoms with E-state index in [4.69, 9.17) is 25.7 Å². The van der Waals surface area contributed by atoms with Crippen molar-refractivity contribution in [1.29, 1.82) is 0 Å². The van der Waals surface area contributed by atoms with Gasteiger partial charge in [0, 0.05) is 25.2 Å². The zero-order valence-electron chi connectivity index (χ0n) is 20.2. The molecule has 0 bridgehead atoms. The molecule has 1 saturated heterocycles. The first kappa shape index (κ1) is 25.5. The van der Waals surface area contributed by atoms with E-state index in [2.05, 4.69) is 40.7 Å². The van der Waals surface area contributed by atoms with Crippen molar-refractivity contribution in [2.75, 3.05) is 45.8 Å². The van der Waals surface area contributed by atoms with Gasteiger partial charge in [-0.3, -0.25) is 14.5 Å². The molecule has 0 spiro atoms. The summed E-state index contributed by atoms with van der Waals surface area (Å²) < 4.78 is 21.9. The van der Waals surface area contributed by atoms with Gasteiger partial charge in [-0.05, 0) is 35.4 Å². The fraction of sp³-hybridized carbons (Fsp3) is 0.381. The SMILES string of the molecule is COc1cc(/C(C)=N/NC(=O)c2c(CN3CCOCC3)nnn2-c2nonc2N)ccc1OCC(N)=O. The molecule has 1 aliphatic rings. The minimum Gasteiger partial charge on any atom is -0.493 e. The summed E-state index contributed by atoms with van der Waals surface area (Å²) in [5.74, 6) is -0.530. The van der Waals surface area contributed by atoms with Crippen LogP contribution in [-0.4, -0.2) is 87.8 Å². The Balaban J connectivity index is 1.57. The summed E-state index contributed by atoms with van der Waals surface area (Å²) in [6.07, 6.45) is 0. The number of hydrogen-bond donors (Lipinski definition) is 3. The van der Waals surface area contributed by atoms with Crippen LogP contribution in [0, 0.1) is 0 Å². The Labute approximate surface area is 210 Å². The average Bonchev–Trinajstić information content (AvgIpc) is 3.51. The number of amides is 2. The van der Waals surface area contributed by atoms with Crippen molar-refractivity contribution in [2.45, 2.75) is 13.5 Å². The number of aromatic nitrogens is 5. The van der Waals surface area contributed by atoms with Gasteiger partial charge in [0.15, 0.2) is 23.8 Å². The second-order valence-electron chi connectivity index (χ2n) is 7.92. The summed E-state index contributed by atoms with van der Waals surface area (Å²) in [5, 5.41) is 19.7. The molecule has 37 heavy (non-hydrogen) atoms. The summed E-state index contributed by atoms with van der Waals surface area (Å²) in [6.45, 7) is 4.27. The highest BCUT2D eigenvalue weighted by atomic mass is 16.6. The third kappa shape index (κ3) is 5.99. The van der Waals surface area contributed by atoms with E-state index in [9.17, 15) is 9.59 Å². The number of hydrogen-bond acceptors (Lipinski definition) is 13. The average molecular weight is 515 g/mol. The number of anilines is 1. The summed E-state index contributed by atoms with van der Waals surface area (Å²) in [4.78, 5) is 26.4. The zero-order valence-corrected chi connectivity index (χ0v) is 20.2. The van der Waals surface area contributed by atoms with Gasteiger partial charge in [-0.25, -0.2) is 10.1 Å². The molecule has 196 valence electrons. The molecule has 0 saturated carbocycles. The van der Waals surface area contributed by atoms with Crippen LogP contribution in [0.3, 0.4) is 0 Å². The molecule has 1 aliphatic heterocycles. The van der Waals surface area contributed by atoms with Crippen LogP contribution in [0.4, 0.5) is 5.82 Å². The van der Waals surface area contributed by atoms with Crippen LogP contribution in [0.5, 0.6) is 11.5 Å². The smallest absolute Gasteiger partial charge is 0.292 e. The number of rotatable bonds is 10. The molecule has 16 nitrogen and oxygen atoms in total. The molecule has 0 aliphatic carbocycles. The number of nitrogens with one attached hydrogen (secondary N) is 1. The third-order valence-corrected chi connectivity index (χ3v) is 5.40. The van der Waals surface area contributed by atoms with Crippen molar-refractivity contribution < 1.29 is 28.4 Å². The number of ether oxygens (including phenoxy) is 3. The fourth-order valence-corrected chi connectivity index (χ4v) is 3.52. The molecular weight excluding hydrogens is 488 g/mol. The van der Waals surface area contributed by atoms with Crippen molar-refractivity contribution in [3.05, 3.63) is 35.2 Å². The van der Waals surface area contributed by atoms with Gasteiger partial charge in [0.1, 0.15) is 5.69 Å². The lowest BCUT2D eigenvalue weighted by Gasteiger charge is -2.25. The Morgan fingerprint density at radius 2 is 2.00 bits per heavy atom. The molecule has 0 atom stereocenters. The molecule has 1 aromatic carbocycles. The third-order valence-electron chi connectivity index (χ3n) is 5.40. The Bertz CT molecular complexity index is 1300. The number of hydrazone groups is 1. The van der Waals surface area contributed by atoms with Gasteiger partial charge >= 0.3 is 0 Å². The van der Waals surface area contributed by atoms with Crippen LogP contribution in [0.25, 0.3) is 5.82 Å². The van der Waals surface area contributed by atoms with Crippen LogP contribution in [0.2, 0.25) is 0 Å². The van der Waals surface area contributed by atoms with E-state index >= 15 is 0 Å². The standard InChI is InChI=1S/C21H26N10O6/c1-12(13-3-4-15(16(9-13)34-2)36-11-17(22)32)24-26-21(33)18-14(10-30-5-7-35-8-6-30)25-29-31(18)20-19(23)27-37-28-20/h3-4,9H,5-8,10-11H2,1-2H3,(H2,22,32)(H2,23,27)(H,26,33)/b24-12+. The Kier molecular flexibility index (Phi) is 7.89. The van der Waals surface area contributed by atoms with E-state index in [0.29, 0.717) is 61.3 Å². The number of morpholine rings is 1. The quantitative estimate of drug-likeness (QED) is 0.222. The predicted molar refractivity (Wildman–Crippen MR) is 127 cm³/mol. The van der Waals surface area contributed by atoms with Crippen molar-refractivity contribution in [1.82, 2.24) is 35.6 Å². The first-order valence-electron chi connectivity index (χ1n) is 11.1. The van der Waals surface area contributed by atoms with E-state index in [-0.39, 0.29) is 23.9 Å². The van der Waals surface area contributed by atoms with Crippen molar-refractivity contribution in [2.24, 2.45) is 10.8 Å². The second kappa shape index (κ2) is 11.4. The summed E-state index contributed by atoms with van der Waals surface area (Å²) in [5.41, 5.74) is 15.0. The highest BCUT2D eigenvalue weighted by Gasteiger charge is 2.27. The minimum atomic E-state index is -0.614. The lowest BCUT2D eigenvalue weighted by atomic mass is 10.1. The first-order valence-corrected chi connectivity index (χ1v) is 11.1. The molecule has 4 rings (SSSR count). The Morgan fingerprint density at radius 1 is 1.22 bits per heavy atom. The first-order chi connectivity index (χ1) is 17.9. The van der Waals surface area contributed by atoms with Crippen LogP contribution in [0.1, 0.15) is 28.7 Å². The molecule has 2 amide bonds. The highest BCUT2D eigenvalue weighted by Crippen LogP contribution is 2.28. The van der Waals surface area contributed by atoms with E-state index in [0.717, 1.165) is 4.68 Å². The number of benzene rings is 1. The predicted octanol–water partition coefficient (Wildman–Crippen LogP) is -0.909. The summed E-state index contributed by atoms with van der Waals surface area (Å²) in [6, 6.07) is 4.96. The summed E-state index contributed by atoms with van der Waals surface area (Å²) >= 11 is 0. The lowest BCUT2D eigenvalue weighted by molar-refractivity contribution is -0.119. The normalized spacial score (nSPS) is 14.4. The summed E-state index contributed by atoms with van der Waals surface area (Å²) in [7, 11) is 1.46. The number of carbonyl (C=O) groups is 2. The number of methoxy groups -OCH3 is 1. The molecule has 1 fully saturated rings. The van der Waals surface area contributed by atoms with Crippen LogP contribution >= 0.6 is 0 Å². The van der Waals surface area contributed by atoms with Gasteiger partial charge in [0.25, 0.3) is 11.8 Å². The van der Waals surface area contributed by atoms with Gasteiger partial charge in [-0.2, -0.15) is 9.78 Å². The molecule has 0 unspecified atom stereocenters.